The van der Waals surface area contributed by atoms with E-state index in [0.29, 0.717) is 5.75 Å². The van der Waals surface area contributed by atoms with Gasteiger partial charge in [-0.25, -0.2) is 4.39 Å². The molecule has 0 saturated carbocycles. The largest absolute Gasteiger partial charge is 0.324 e. The molecule has 0 N–H and O–H groups in total. The summed E-state index contributed by atoms with van der Waals surface area (Å²) in [5.41, 5.74) is 0. The second kappa shape index (κ2) is 7.93. The van der Waals surface area contributed by atoms with Crippen LogP contribution in [0.5, 0.6) is 0 Å². The minimum absolute atomic E-state index is 0.262. The van der Waals surface area contributed by atoms with Gasteiger partial charge >= 0.3 is 10.1 Å². The molecule has 0 amide bonds. The normalized spacial score (nSPS) is 15.0. The van der Waals surface area contributed by atoms with Gasteiger partial charge in [0.05, 0.1) is 6.10 Å². The van der Waals surface area contributed by atoms with Gasteiger partial charge in [0.1, 0.15) is 17.1 Å². The Bertz CT molecular complexity index is 660. The summed E-state index contributed by atoms with van der Waals surface area (Å²) < 4.78 is 60.4. The van der Waals surface area contributed by atoms with Gasteiger partial charge in [-0.1, -0.05) is 13.0 Å². The SMILES string of the molecule is CCSc1cccc(F)c1S(=O)(=O)OCP(C)(=O)OC(C)C. The number of halogens is 1. The molecular formula is C13H20FO5PS2. The molecule has 1 unspecified atom stereocenters. The molecule has 1 aromatic carbocycles. The van der Waals surface area contributed by atoms with E-state index in [4.69, 9.17) is 8.71 Å². The topological polar surface area (TPSA) is 69.7 Å². The zero-order valence-electron chi connectivity index (χ0n) is 12.9. The lowest BCUT2D eigenvalue weighted by Gasteiger charge is -2.17. The monoisotopic (exact) mass is 370 g/mol. The van der Waals surface area contributed by atoms with E-state index in [1.54, 1.807) is 13.8 Å². The van der Waals surface area contributed by atoms with E-state index in [1.165, 1.54) is 30.6 Å². The van der Waals surface area contributed by atoms with Gasteiger partial charge in [-0.05, 0) is 31.7 Å². The highest BCUT2D eigenvalue weighted by atomic mass is 32.2. The Balaban J connectivity index is 3.03. The van der Waals surface area contributed by atoms with Crippen molar-refractivity contribution < 1.29 is 26.1 Å². The van der Waals surface area contributed by atoms with Crippen LogP contribution >= 0.6 is 19.1 Å². The van der Waals surface area contributed by atoms with Crippen molar-refractivity contribution in [1.29, 1.82) is 0 Å². The third-order valence-corrected chi connectivity index (χ3v) is 6.41. The number of thioether (sulfide) groups is 1. The van der Waals surface area contributed by atoms with Crippen LogP contribution < -0.4 is 0 Å². The third kappa shape index (κ3) is 5.66. The maximum atomic E-state index is 13.9. The molecule has 0 fully saturated rings. The average Bonchev–Trinajstić information content (AvgIpc) is 2.35. The molecule has 0 aromatic heterocycles. The van der Waals surface area contributed by atoms with Crippen LogP contribution in [0.2, 0.25) is 0 Å². The van der Waals surface area contributed by atoms with Gasteiger partial charge < -0.3 is 4.52 Å². The van der Waals surface area contributed by atoms with E-state index in [2.05, 4.69) is 0 Å². The first-order valence-corrected chi connectivity index (χ1v) is 11.3. The van der Waals surface area contributed by atoms with Crippen LogP contribution in [0.4, 0.5) is 4.39 Å². The fourth-order valence-electron chi connectivity index (χ4n) is 1.70. The van der Waals surface area contributed by atoms with Crippen LogP contribution in [-0.4, -0.2) is 33.3 Å². The molecule has 0 aliphatic rings. The first-order valence-electron chi connectivity index (χ1n) is 6.64. The van der Waals surface area contributed by atoms with E-state index in [1.807, 2.05) is 6.92 Å². The minimum Gasteiger partial charge on any atom is -0.324 e. The maximum absolute atomic E-state index is 13.9. The molecule has 0 aliphatic heterocycles. The Hall–Kier alpha value is -0.400. The van der Waals surface area contributed by atoms with Gasteiger partial charge in [0.2, 0.25) is 7.37 Å². The molecule has 0 spiro atoms. The summed E-state index contributed by atoms with van der Waals surface area (Å²) in [7, 11) is -7.60. The Kier molecular flexibility index (Phi) is 7.08. The van der Waals surface area contributed by atoms with Gasteiger partial charge in [0.15, 0.2) is 0 Å². The van der Waals surface area contributed by atoms with E-state index in [-0.39, 0.29) is 11.0 Å². The standard InChI is InChI=1S/C13H20FO5PS2/c1-5-21-12-8-6-7-11(14)13(12)22(16,17)18-9-20(4,15)19-10(2)3/h6-8,10H,5,9H2,1-4H3. The van der Waals surface area contributed by atoms with Crippen LogP contribution in [0.25, 0.3) is 0 Å². The first kappa shape index (κ1) is 19.6. The summed E-state index contributed by atoms with van der Waals surface area (Å²) in [6.07, 6.45) is -0.959. The molecule has 126 valence electrons. The molecule has 0 bridgehead atoms. The molecule has 9 heteroatoms. The molecule has 1 atom stereocenters. The van der Waals surface area contributed by atoms with Gasteiger partial charge in [0.25, 0.3) is 0 Å². The lowest BCUT2D eigenvalue weighted by atomic mass is 10.3. The zero-order chi connectivity index (χ0) is 17.0. The van der Waals surface area contributed by atoms with Crippen molar-refractivity contribution in [3.63, 3.8) is 0 Å². The Morgan fingerprint density at radius 2 is 2.00 bits per heavy atom. The molecule has 0 radical (unpaired) electrons. The lowest BCUT2D eigenvalue weighted by Crippen LogP contribution is -2.13. The Labute approximate surface area is 135 Å². The summed E-state index contributed by atoms with van der Waals surface area (Å²) in [5.74, 6) is -0.316. The van der Waals surface area contributed by atoms with Crippen LogP contribution in [-0.2, 0) is 23.4 Å². The van der Waals surface area contributed by atoms with Crippen LogP contribution in [0.1, 0.15) is 20.8 Å². The molecule has 0 aliphatic carbocycles. The molecule has 1 rings (SSSR count). The fraction of sp³-hybridized carbons (Fsp3) is 0.538. The number of benzene rings is 1. The lowest BCUT2D eigenvalue weighted by molar-refractivity contribution is 0.230. The van der Waals surface area contributed by atoms with E-state index in [0.717, 1.165) is 6.07 Å². The van der Waals surface area contributed by atoms with Crippen molar-refractivity contribution >= 4 is 29.2 Å². The highest BCUT2D eigenvalue weighted by molar-refractivity contribution is 8.00. The summed E-state index contributed by atoms with van der Waals surface area (Å²) in [5, 5.41) is 0. The quantitative estimate of drug-likeness (QED) is 0.392. The summed E-state index contributed by atoms with van der Waals surface area (Å²) >= 11 is 1.19. The minimum atomic E-state index is -4.36. The van der Waals surface area contributed by atoms with Crippen molar-refractivity contribution in [3.8, 4) is 0 Å². The average molecular weight is 370 g/mol. The highest BCUT2D eigenvalue weighted by Crippen LogP contribution is 2.44. The smallest absolute Gasteiger partial charge is 0.301 e. The number of rotatable bonds is 8. The summed E-state index contributed by atoms with van der Waals surface area (Å²) in [6.45, 7) is 6.46. The maximum Gasteiger partial charge on any atom is 0.301 e. The number of hydrogen-bond donors (Lipinski definition) is 0. The van der Waals surface area contributed by atoms with Crippen LogP contribution in [0.15, 0.2) is 28.0 Å². The highest BCUT2D eigenvalue weighted by Gasteiger charge is 2.28. The van der Waals surface area contributed by atoms with Crippen molar-refractivity contribution in [2.24, 2.45) is 0 Å². The van der Waals surface area contributed by atoms with Crippen molar-refractivity contribution in [1.82, 2.24) is 0 Å². The fourth-order valence-corrected chi connectivity index (χ4v) is 5.91. The van der Waals surface area contributed by atoms with Gasteiger partial charge in [0, 0.05) is 11.6 Å². The Morgan fingerprint density at radius 3 is 2.55 bits per heavy atom. The second-order valence-electron chi connectivity index (χ2n) is 4.87. The first-order chi connectivity index (χ1) is 10.1. The predicted octanol–water partition coefficient (Wildman–Crippen LogP) is 3.93. The van der Waals surface area contributed by atoms with Crippen molar-refractivity contribution in [2.75, 3.05) is 18.8 Å². The molecule has 22 heavy (non-hydrogen) atoms. The van der Waals surface area contributed by atoms with E-state index < -0.39 is 34.5 Å². The molecule has 0 saturated heterocycles. The van der Waals surface area contributed by atoms with E-state index >= 15 is 0 Å². The summed E-state index contributed by atoms with van der Waals surface area (Å²) in [6, 6.07) is 3.98. The molecular weight excluding hydrogens is 350 g/mol. The van der Waals surface area contributed by atoms with E-state index in [9.17, 15) is 17.4 Å². The van der Waals surface area contributed by atoms with Gasteiger partial charge in [-0.3, -0.25) is 8.75 Å². The summed E-state index contributed by atoms with van der Waals surface area (Å²) in [4.78, 5) is -0.260. The van der Waals surface area contributed by atoms with Gasteiger partial charge in [-0.2, -0.15) is 8.42 Å². The third-order valence-electron chi connectivity index (χ3n) is 2.36. The molecule has 5 nitrogen and oxygen atoms in total. The number of hydrogen-bond acceptors (Lipinski definition) is 6. The van der Waals surface area contributed by atoms with Crippen molar-refractivity contribution in [3.05, 3.63) is 24.0 Å². The second-order valence-corrected chi connectivity index (χ2v) is 10.2. The van der Waals surface area contributed by atoms with Gasteiger partial charge in [-0.15, -0.1) is 11.8 Å². The van der Waals surface area contributed by atoms with Crippen molar-refractivity contribution in [2.45, 2.75) is 36.7 Å². The predicted molar refractivity (Wildman–Crippen MR) is 85.7 cm³/mol. The molecule has 1 aromatic rings. The zero-order valence-corrected chi connectivity index (χ0v) is 15.4. The van der Waals surface area contributed by atoms with Crippen LogP contribution in [0, 0.1) is 5.82 Å². The van der Waals surface area contributed by atoms with Crippen LogP contribution in [0.3, 0.4) is 0 Å². The Morgan fingerprint density at radius 1 is 1.36 bits per heavy atom. The molecule has 0 heterocycles.